The van der Waals surface area contributed by atoms with Crippen molar-refractivity contribution in [2.45, 2.75) is 12.5 Å². The van der Waals surface area contributed by atoms with Gasteiger partial charge in [0.25, 0.3) is 0 Å². The number of aromatic amines is 1. The summed E-state index contributed by atoms with van der Waals surface area (Å²) in [6, 6.07) is 7.95. The van der Waals surface area contributed by atoms with E-state index in [-0.39, 0.29) is 18.6 Å². The van der Waals surface area contributed by atoms with Crippen molar-refractivity contribution >= 4 is 22.9 Å². The van der Waals surface area contributed by atoms with Crippen molar-refractivity contribution in [2.24, 2.45) is 0 Å². The number of hydrogen-bond acceptors (Lipinski definition) is 6. The largest absolute Gasteiger partial charge is 0.488 e. The molecular formula is C17H18N6O2. The van der Waals surface area contributed by atoms with Crippen molar-refractivity contribution in [3.8, 4) is 5.75 Å². The Balaban J connectivity index is 1.33. The van der Waals surface area contributed by atoms with E-state index in [4.69, 9.17) is 4.74 Å². The second-order valence-electron chi connectivity index (χ2n) is 6.01. The van der Waals surface area contributed by atoms with Crippen LogP contribution in [0.1, 0.15) is 5.56 Å². The molecule has 0 saturated carbocycles. The van der Waals surface area contributed by atoms with Crippen LogP contribution >= 0.6 is 0 Å². The van der Waals surface area contributed by atoms with E-state index in [1.54, 1.807) is 11.2 Å². The molecule has 2 aromatic heterocycles. The number of para-hydroxylation sites is 1. The Morgan fingerprint density at radius 3 is 3.12 bits per heavy atom. The van der Waals surface area contributed by atoms with Gasteiger partial charge in [-0.2, -0.15) is 0 Å². The van der Waals surface area contributed by atoms with E-state index in [9.17, 15) is 4.79 Å². The molecule has 1 amide bonds. The van der Waals surface area contributed by atoms with Gasteiger partial charge in [0, 0.05) is 13.5 Å². The highest BCUT2D eigenvalue weighted by molar-refractivity contribution is 5.86. The molecule has 128 valence electrons. The van der Waals surface area contributed by atoms with Gasteiger partial charge in [-0.3, -0.25) is 4.79 Å². The third-order valence-electron chi connectivity index (χ3n) is 4.19. The minimum atomic E-state index is -0.0895. The monoisotopic (exact) mass is 338 g/mol. The molecule has 25 heavy (non-hydrogen) atoms. The van der Waals surface area contributed by atoms with Crippen molar-refractivity contribution < 1.29 is 9.53 Å². The molecule has 8 nitrogen and oxygen atoms in total. The van der Waals surface area contributed by atoms with Gasteiger partial charge in [-0.05, 0) is 11.6 Å². The van der Waals surface area contributed by atoms with E-state index >= 15 is 0 Å². The van der Waals surface area contributed by atoms with Crippen LogP contribution in [0.4, 0.5) is 5.82 Å². The number of carbonyl (C=O) groups is 1. The first-order valence-electron chi connectivity index (χ1n) is 8.07. The number of carbonyl (C=O) groups excluding carboxylic acids is 1. The summed E-state index contributed by atoms with van der Waals surface area (Å²) in [6.07, 6.45) is 3.79. The van der Waals surface area contributed by atoms with Gasteiger partial charge in [-0.25, -0.2) is 15.0 Å². The Bertz CT molecular complexity index is 884. The standard InChI is InChI=1S/C17H18N6O2/c1-23(17-15-16(20-9-19-15)21-10-22-17)8-14(24)18-7-12-6-11-4-2-3-5-13(11)25-12/h2-5,9-10,12H,6-8H2,1H3,(H,18,24)(H,19,20,21,22)/t12-/m1/s1. The van der Waals surface area contributed by atoms with Gasteiger partial charge in [0.05, 0.1) is 19.4 Å². The number of likely N-dealkylation sites (N-methyl/N-ethyl adjacent to an activating group) is 1. The lowest BCUT2D eigenvalue weighted by Crippen LogP contribution is -2.40. The summed E-state index contributed by atoms with van der Waals surface area (Å²) in [5.74, 6) is 1.46. The predicted molar refractivity (Wildman–Crippen MR) is 92.5 cm³/mol. The minimum Gasteiger partial charge on any atom is -0.488 e. The Labute approximate surface area is 144 Å². The third kappa shape index (κ3) is 3.10. The number of nitrogens with zero attached hydrogens (tertiary/aromatic N) is 4. The van der Waals surface area contributed by atoms with Gasteiger partial charge in [-0.1, -0.05) is 18.2 Å². The lowest BCUT2D eigenvalue weighted by atomic mass is 10.1. The van der Waals surface area contributed by atoms with Crippen molar-refractivity contribution in [1.82, 2.24) is 25.3 Å². The van der Waals surface area contributed by atoms with Gasteiger partial charge in [-0.15, -0.1) is 0 Å². The molecule has 8 heteroatoms. The first-order valence-corrected chi connectivity index (χ1v) is 8.07. The number of anilines is 1. The number of rotatable bonds is 5. The average molecular weight is 338 g/mol. The SMILES string of the molecule is CN(CC(=O)NC[C@H]1Cc2ccccc2O1)c1ncnc2nc[nH]c12. The lowest BCUT2D eigenvalue weighted by Gasteiger charge is -2.18. The number of benzene rings is 1. The second-order valence-corrected chi connectivity index (χ2v) is 6.01. The van der Waals surface area contributed by atoms with Crippen molar-refractivity contribution in [3.05, 3.63) is 42.5 Å². The van der Waals surface area contributed by atoms with Crippen LogP contribution in [0.25, 0.3) is 11.2 Å². The van der Waals surface area contributed by atoms with Gasteiger partial charge >= 0.3 is 0 Å². The predicted octanol–water partition coefficient (Wildman–Crippen LogP) is 0.909. The Morgan fingerprint density at radius 1 is 1.36 bits per heavy atom. The first kappa shape index (κ1) is 15.4. The zero-order valence-electron chi connectivity index (χ0n) is 13.8. The summed E-state index contributed by atoms with van der Waals surface area (Å²) in [6.45, 7) is 0.662. The highest BCUT2D eigenvalue weighted by Crippen LogP contribution is 2.27. The van der Waals surface area contributed by atoms with E-state index in [1.807, 2.05) is 25.2 Å². The number of imidazole rings is 1. The Kier molecular flexibility index (Phi) is 3.93. The fraction of sp³-hybridized carbons (Fsp3) is 0.294. The van der Waals surface area contributed by atoms with Crippen LogP contribution in [-0.4, -0.2) is 52.1 Å². The molecule has 0 saturated heterocycles. The molecule has 0 bridgehead atoms. The fourth-order valence-electron chi connectivity index (χ4n) is 2.98. The maximum Gasteiger partial charge on any atom is 0.239 e. The van der Waals surface area contributed by atoms with E-state index in [2.05, 4.69) is 31.3 Å². The zero-order chi connectivity index (χ0) is 17.2. The van der Waals surface area contributed by atoms with Crippen molar-refractivity contribution in [1.29, 1.82) is 0 Å². The van der Waals surface area contributed by atoms with Gasteiger partial charge in [0.1, 0.15) is 23.7 Å². The van der Waals surface area contributed by atoms with E-state index in [0.717, 1.165) is 12.2 Å². The van der Waals surface area contributed by atoms with Crippen molar-refractivity contribution in [3.63, 3.8) is 0 Å². The molecule has 0 unspecified atom stereocenters. The van der Waals surface area contributed by atoms with Crippen LogP contribution in [0.15, 0.2) is 36.9 Å². The van der Waals surface area contributed by atoms with Crippen LogP contribution in [0.5, 0.6) is 5.75 Å². The zero-order valence-corrected chi connectivity index (χ0v) is 13.8. The number of ether oxygens (including phenoxy) is 1. The highest BCUT2D eigenvalue weighted by atomic mass is 16.5. The molecule has 1 aliphatic rings. The van der Waals surface area contributed by atoms with Gasteiger partial charge in [0.2, 0.25) is 5.91 Å². The normalized spacial score (nSPS) is 15.6. The lowest BCUT2D eigenvalue weighted by molar-refractivity contribution is -0.120. The number of nitrogens with one attached hydrogen (secondary N) is 2. The molecule has 0 radical (unpaired) electrons. The molecule has 3 heterocycles. The Hall–Kier alpha value is -3.16. The third-order valence-corrected chi connectivity index (χ3v) is 4.19. The quantitative estimate of drug-likeness (QED) is 0.718. The maximum absolute atomic E-state index is 12.3. The Morgan fingerprint density at radius 2 is 2.24 bits per heavy atom. The summed E-state index contributed by atoms with van der Waals surface area (Å²) in [4.78, 5) is 29.4. The first-order chi connectivity index (χ1) is 12.2. The summed E-state index contributed by atoms with van der Waals surface area (Å²) >= 11 is 0. The number of H-pyrrole nitrogens is 1. The average Bonchev–Trinajstić information content (AvgIpc) is 3.25. The number of aromatic nitrogens is 4. The van der Waals surface area contributed by atoms with E-state index in [0.29, 0.717) is 23.5 Å². The molecule has 0 aliphatic carbocycles. The van der Waals surface area contributed by atoms with Gasteiger partial charge in [0.15, 0.2) is 11.5 Å². The van der Waals surface area contributed by atoms with Crippen molar-refractivity contribution in [2.75, 3.05) is 25.0 Å². The summed E-state index contributed by atoms with van der Waals surface area (Å²) in [7, 11) is 1.81. The van der Waals surface area contributed by atoms with Crippen LogP contribution in [0.3, 0.4) is 0 Å². The van der Waals surface area contributed by atoms with Crippen LogP contribution < -0.4 is 15.0 Å². The molecule has 0 fully saturated rings. The topological polar surface area (TPSA) is 96.0 Å². The summed E-state index contributed by atoms with van der Waals surface area (Å²) in [5, 5.41) is 2.93. The molecule has 1 aliphatic heterocycles. The number of fused-ring (bicyclic) bond motifs is 2. The second kappa shape index (κ2) is 6.39. The van der Waals surface area contributed by atoms with Gasteiger partial charge < -0.3 is 19.9 Å². The number of hydrogen-bond donors (Lipinski definition) is 2. The number of amides is 1. The van der Waals surface area contributed by atoms with Crippen LogP contribution in [-0.2, 0) is 11.2 Å². The molecule has 0 spiro atoms. The molecule has 1 atom stereocenters. The molecule has 4 rings (SSSR count). The smallest absolute Gasteiger partial charge is 0.239 e. The summed E-state index contributed by atoms with van der Waals surface area (Å²) < 4.78 is 5.83. The van der Waals surface area contributed by atoms with E-state index < -0.39 is 0 Å². The molecule has 2 N–H and O–H groups in total. The summed E-state index contributed by atoms with van der Waals surface area (Å²) in [5.41, 5.74) is 2.48. The fourth-order valence-corrected chi connectivity index (χ4v) is 2.98. The highest BCUT2D eigenvalue weighted by Gasteiger charge is 2.23. The maximum atomic E-state index is 12.3. The minimum absolute atomic E-state index is 0.0231. The van der Waals surface area contributed by atoms with E-state index in [1.165, 1.54) is 11.9 Å². The molecule has 1 aromatic carbocycles. The van der Waals surface area contributed by atoms with Crippen LogP contribution in [0, 0.1) is 0 Å². The van der Waals surface area contributed by atoms with Crippen LogP contribution in [0.2, 0.25) is 0 Å². The molecule has 3 aromatic rings. The molecular weight excluding hydrogens is 320 g/mol.